The van der Waals surface area contributed by atoms with Crippen LogP contribution in [0.25, 0.3) is 0 Å². The van der Waals surface area contributed by atoms with Crippen molar-refractivity contribution >= 4 is 21.4 Å². The number of nitrogens with zero attached hydrogens (tertiary/aromatic N) is 4. The third-order valence-electron chi connectivity index (χ3n) is 5.65. The van der Waals surface area contributed by atoms with Crippen LogP contribution in [0.4, 0.5) is 11.4 Å². The van der Waals surface area contributed by atoms with Crippen LogP contribution in [0.15, 0.2) is 23.1 Å². The summed E-state index contributed by atoms with van der Waals surface area (Å²) in [4.78, 5) is 15.1. The van der Waals surface area contributed by atoms with Gasteiger partial charge in [0.15, 0.2) is 0 Å². The molecule has 0 amide bonds. The molecule has 2 aliphatic rings. The largest absolute Gasteiger partial charge is 0.395 e. The third-order valence-corrected chi connectivity index (χ3v) is 7.55. The Morgan fingerprint density at radius 3 is 2.36 bits per heavy atom. The number of sulfonamides is 1. The van der Waals surface area contributed by atoms with Gasteiger partial charge in [-0.15, -0.1) is 0 Å². The van der Waals surface area contributed by atoms with Crippen LogP contribution < -0.4 is 4.90 Å². The van der Waals surface area contributed by atoms with Gasteiger partial charge in [0.2, 0.25) is 10.0 Å². The predicted molar refractivity (Wildman–Crippen MR) is 106 cm³/mol. The van der Waals surface area contributed by atoms with Gasteiger partial charge in [-0.1, -0.05) is 6.92 Å². The molecule has 2 saturated heterocycles. The van der Waals surface area contributed by atoms with E-state index < -0.39 is 14.9 Å². The van der Waals surface area contributed by atoms with E-state index in [9.17, 15) is 18.5 Å². The molecule has 0 unspecified atom stereocenters. The Bertz CT molecular complexity index is 800. The van der Waals surface area contributed by atoms with E-state index >= 15 is 0 Å². The first-order valence-electron chi connectivity index (χ1n) is 9.69. The number of nitro groups is 1. The quantitative estimate of drug-likeness (QED) is 0.551. The van der Waals surface area contributed by atoms with Crippen molar-refractivity contribution in [3.63, 3.8) is 0 Å². The molecule has 0 saturated carbocycles. The van der Waals surface area contributed by atoms with E-state index in [-0.39, 0.29) is 17.2 Å². The summed E-state index contributed by atoms with van der Waals surface area (Å²) < 4.78 is 27.3. The van der Waals surface area contributed by atoms with Crippen LogP contribution in [0, 0.1) is 16.0 Å². The number of β-amino-alcohol motifs (C(OH)–C–C–N with tert-alkyl or cyclic N) is 1. The fourth-order valence-corrected chi connectivity index (χ4v) is 5.30. The second kappa shape index (κ2) is 8.73. The van der Waals surface area contributed by atoms with Crippen molar-refractivity contribution in [3.8, 4) is 0 Å². The van der Waals surface area contributed by atoms with E-state index in [1.807, 2.05) is 4.90 Å². The van der Waals surface area contributed by atoms with Gasteiger partial charge in [-0.05, 0) is 30.9 Å². The van der Waals surface area contributed by atoms with Gasteiger partial charge >= 0.3 is 0 Å². The van der Waals surface area contributed by atoms with E-state index in [0.717, 1.165) is 12.8 Å². The maximum Gasteiger partial charge on any atom is 0.293 e. The second-order valence-electron chi connectivity index (χ2n) is 7.55. The Kier molecular flexibility index (Phi) is 6.54. The summed E-state index contributed by atoms with van der Waals surface area (Å²) in [6, 6.07) is 4.23. The standard InChI is InChI=1S/C18H28N4O5S/c1-15-4-6-21(7-5-15)28(26,27)16-2-3-17(18(14-16)22(24)25)20-10-8-19(9-11-20)12-13-23/h2-3,14-15,23H,4-13H2,1H3. The lowest BCUT2D eigenvalue weighted by Crippen LogP contribution is -2.47. The van der Waals surface area contributed by atoms with Crippen LogP contribution in [0.5, 0.6) is 0 Å². The van der Waals surface area contributed by atoms with Crippen LogP contribution in [-0.2, 0) is 10.0 Å². The molecule has 0 spiro atoms. The predicted octanol–water partition coefficient (Wildman–Crippen LogP) is 1.13. The molecule has 0 aliphatic carbocycles. The van der Waals surface area contributed by atoms with Gasteiger partial charge in [-0.3, -0.25) is 15.0 Å². The number of aliphatic hydroxyl groups is 1. The maximum atomic E-state index is 12.9. The molecule has 0 bridgehead atoms. The summed E-state index contributed by atoms with van der Waals surface area (Å²) in [5.41, 5.74) is 0.266. The molecular weight excluding hydrogens is 384 g/mol. The summed E-state index contributed by atoms with van der Waals surface area (Å²) in [5.74, 6) is 0.493. The molecular formula is C18H28N4O5S. The maximum absolute atomic E-state index is 12.9. The number of nitro benzene ring substituents is 1. The molecule has 0 aromatic heterocycles. The van der Waals surface area contributed by atoms with Crippen LogP contribution in [0.3, 0.4) is 0 Å². The minimum absolute atomic E-state index is 0.0172. The third kappa shape index (κ3) is 4.45. The zero-order valence-electron chi connectivity index (χ0n) is 16.2. The first-order valence-corrected chi connectivity index (χ1v) is 11.1. The van der Waals surface area contributed by atoms with Crippen LogP contribution >= 0.6 is 0 Å². The summed E-state index contributed by atoms with van der Waals surface area (Å²) in [5, 5.41) is 20.7. The average Bonchev–Trinajstić information content (AvgIpc) is 2.68. The number of hydrogen-bond acceptors (Lipinski definition) is 7. The Morgan fingerprint density at radius 1 is 1.14 bits per heavy atom. The molecule has 2 aliphatic heterocycles. The molecule has 9 nitrogen and oxygen atoms in total. The van der Waals surface area contributed by atoms with Gasteiger partial charge in [0, 0.05) is 51.9 Å². The topological polar surface area (TPSA) is 107 Å². The first-order chi connectivity index (χ1) is 13.3. The highest BCUT2D eigenvalue weighted by Crippen LogP contribution is 2.33. The summed E-state index contributed by atoms with van der Waals surface area (Å²) in [6.07, 6.45) is 1.61. The summed E-state index contributed by atoms with van der Waals surface area (Å²) in [7, 11) is -3.73. The number of benzene rings is 1. The highest BCUT2D eigenvalue weighted by molar-refractivity contribution is 7.89. The average molecular weight is 413 g/mol. The fraction of sp³-hybridized carbons (Fsp3) is 0.667. The Morgan fingerprint density at radius 2 is 1.79 bits per heavy atom. The number of hydrogen-bond donors (Lipinski definition) is 1. The monoisotopic (exact) mass is 412 g/mol. The van der Waals surface area contributed by atoms with Crippen molar-refractivity contribution in [1.29, 1.82) is 0 Å². The molecule has 1 aromatic rings. The van der Waals surface area contributed by atoms with Crippen molar-refractivity contribution < 1.29 is 18.4 Å². The number of aliphatic hydroxyl groups excluding tert-OH is 1. The van der Waals surface area contributed by atoms with Gasteiger partial charge in [0.1, 0.15) is 5.69 Å². The highest BCUT2D eigenvalue weighted by Gasteiger charge is 2.31. The van der Waals surface area contributed by atoms with Gasteiger partial charge in [-0.25, -0.2) is 8.42 Å². The van der Waals surface area contributed by atoms with Gasteiger partial charge in [0.25, 0.3) is 5.69 Å². The van der Waals surface area contributed by atoms with E-state index in [1.165, 1.54) is 16.4 Å². The Balaban J connectivity index is 1.83. The van der Waals surface area contributed by atoms with E-state index in [4.69, 9.17) is 5.11 Å². The van der Waals surface area contributed by atoms with Crippen molar-refractivity contribution in [2.24, 2.45) is 5.92 Å². The minimum atomic E-state index is -3.73. The smallest absolute Gasteiger partial charge is 0.293 e. The molecule has 2 fully saturated rings. The van der Waals surface area contributed by atoms with E-state index in [2.05, 4.69) is 11.8 Å². The zero-order chi connectivity index (χ0) is 20.3. The highest BCUT2D eigenvalue weighted by atomic mass is 32.2. The second-order valence-corrected chi connectivity index (χ2v) is 9.48. The lowest BCUT2D eigenvalue weighted by atomic mass is 10.0. The van der Waals surface area contributed by atoms with Crippen LogP contribution in [0.2, 0.25) is 0 Å². The molecule has 28 heavy (non-hydrogen) atoms. The van der Waals surface area contributed by atoms with Crippen molar-refractivity contribution in [1.82, 2.24) is 9.21 Å². The van der Waals surface area contributed by atoms with Gasteiger partial charge < -0.3 is 10.0 Å². The zero-order valence-corrected chi connectivity index (χ0v) is 17.0. The van der Waals surface area contributed by atoms with Crippen LogP contribution in [-0.4, -0.2) is 80.1 Å². The first kappa shape index (κ1) is 21.0. The number of piperidine rings is 1. The van der Waals surface area contributed by atoms with Gasteiger partial charge in [-0.2, -0.15) is 4.31 Å². The number of anilines is 1. The molecule has 1 aromatic carbocycles. The SMILES string of the molecule is CC1CCN(S(=O)(=O)c2ccc(N3CCN(CCO)CC3)c([N+](=O)[O-])c2)CC1. The molecule has 156 valence electrons. The number of piperazine rings is 1. The van der Waals surface area contributed by atoms with Gasteiger partial charge in [0.05, 0.1) is 16.4 Å². The molecule has 2 heterocycles. The molecule has 1 N–H and O–H groups in total. The van der Waals surface area contributed by atoms with Crippen molar-refractivity contribution in [3.05, 3.63) is 28.3 Å². The van der Waals surface area contributed by atoms with Crippen molar-refractivity contribution in [2.75, 3.05) is 57.3 Å². The van der Waals surface area contributed by atoms with E-state index in [1.54, 1.807) is 6.07 Å². The van der Waals surface area contributed by atoms with Crippen LogP contribution in [0.1, 0.15) is 19.8 Å². The van der Waals surface area contributed by atoms with E-state index in [0.29, 0.717) is 57.4 Å². The summed E-state index contributed by atoms with van der Waals surface area (Å²) in [6.45, 7) is 6.26. The molecule has 3 rings (SSSR count). The summed E-state index contributed by atoms with van der Waals surface area (Å²) >= 11 is 0. The lowest BCUT2D eigenvalue weighted by molar-refractivity contribution is -0.384. The fourth-order valence-electron chi connectivity index (χ4n) is 3.81. The molecule has 10 heteroatoms. The van der Waals surface area contributed by atoms with Crippen molar-refractivity contribution in [2.45, 2.75) is 24.7 Å². The molecule has 0 radical (unpaired) electrons. The lowest BCUT2D eigenvalue weighted by Gasteiger charge is -2.35. The molecule has 0 atom stereocenters. The minimum Gasteiger partial charge on any atom is -0.395 e. The Hall–Kier alpha value is -1.75. The normalized spacial score (nSPS) is 20.4. The number of rotatable bonds is 6. The Labute approximate surface area is 165 Å².